The van der Waals surface area contributed by atoms with Crippen LogP contribution in [0.5, 0.6) is 0 Å². The van der Waals surface area contributed by atoms with Gasteiger partial charge in [-0.2, -0.15) is 0 Å². The number of rotatable bonds is 4. The van der Waals surface area contributed by atoms with E-state index in [1.165, 1.54) is 42.3 Å². The fourth-order valence-corrected chi connectivity index (χ4v) is 3.32. The number of hydrogen-bond acceptors (Lipinski definition) is 2. The quantitative estimate of drug-likeness (QED) is 0.918. The van der Waals surface area contributed by atoms with Gasteiger partial charge >= 0.3 is 0 Å². The summed E-state index contributed by atoms with van der Waals surface area (Å²) >= 11 is 0. The van der Waals surface area contributed by atoms with Crippen molar-refractivity contribution in [3.8, 4) is 0 Å². The van der Waals surface area contributed by atoms with E-state index in [4.69, 9.17) is 0 Å². The number of aryl methyl sites for hydroxylation is 2. The molecule has 3 nitrogen and oxygen atoms in total. The molecule has 0 saturated heterocycles. The van der Waals surface area contributed by atoms with Crippen LogP contribution in [0.4, 0.5) is 0 Å². The Balaban J connectivity index is 1.83. The fraction of sp³-hybridized carbons (Fsp3) is 0.588. The molecular weight excluding hydrogens is 246 g/mol. The van der Waals surface area contributed by atoms with E-state index in [1.54, 1.807) is 0 Å². The van der Waals surface area contributed by atoms with E-state index in [9.17, 15) is 0 Å². The van der Waals surface area contributed by atoms with Crippen LogP contribution in [0.1, 0.15) is 49.8 Å². The van der Waals surface area contributed by atoms with E-state index >= 15 is 0 Å². The Bertz CT molecular complexity index is 600. The average molecular weight is 271 g/mol. The predicted octanol–water partition coefficient (Wildman–Crippen LogP) is 3.75. The molecule has 1 aromatic heterocycles. The van der Waals surface area contributed by atoms with Gasteiger partial charge in [0.1, 0.15) is 0 Å². The zero-order valence-corrected chi connectivity index (χ0v) is 12.8. The minimum absolute atomic E-state index is 0.608. The molecule has 2 aromatic rings. The Morgan fingerprint density at radius 1 is 1.25 bits per heavy atom. The molecule has 1 heterocycles. The number of nitrogens with zero attached hydrogens (tertiary/aromatic N) is 2. The average Bonchev–Trinajstić information content (AvgIpc) is 3.03. The van der Waals surface area contributed by atoms with Crippen molar-refractivity contribution in [1.82, 2.24) is 14.9 Å². The van der Waals surface area contributed by atoms with Gasteiger partial charge in [0, 0.05) is 12.1 Å². The molecule has 1 aromatic carbocycles. The van der Waals surface area contributed by atoms with Gasteiger partial charge in [0.05, 0.1) is 17.4 Å². The highest BCUT2D eigenvalue weighted by Gasteiger charge is 2.26. The lowest BCUT2D eigenvalue weighted by Gasteiger charge is -2.15. The number of hydrogen-bond donors (Lipinski definition) is 1. The van der Waals surface area contributed by atoms with E-state index in [0.29, 0.717) is 12.1 Å². The van der Waals surface area contributed by atoms with Crippen LogP contribution in [0.15, 0.2) is 18.5 Å². The molecule has 20 heavy (non-hydrogen) atoms. The molecule has 0 amide bonds. The van der Waals surface area contributed by atoms with E-state index in [1.807, 2.05) is 6.33 Å². The van der Waals surface area contributed by atoms with Crippen LogP contribution < -0.4 is 5.32 Å². The van der Waals surface area contributed by atoms with E-state index in [-0.39, 0.29) is 0 Å². The lowest BCUT2D eigenvalue weighted by atomic mass is 10.1. The maximum atomic E-state index is 4.59. The lowest BCUT2D eigenvalue weighted by Crippen LogP contribution is -2.27. The summed E-state index contributed by atoms with van der Waals surface area (Å²) in [6.07, 6.45) is 7.04. The number of fused-ring (bicyclic) bond motifs is 1. The molecule has 108 valence electrons. The summed E-state index contributed by atoms with van der Waals surface area (Å²) in [7, 11) is 0. The zero-order valence-electron chi connectivity index (χ0n) is 12.8. The first-order valence-electron chi connectivity index (χ1n) is 7.86. The second-order valence-electron chi connectivity index (χ2n) is 6.19. The van der Waals surface area contributed by atoms with E-state index in [0.717, 1.165) is 12.1 Å². The monoisotopic (exact) mass is 271 g/mol. The smallest absolute Gasteiger partial charge is 0.0960 e. The second kappa shape index (κ2) is 5.57. The molecule has 1 N–H and O–H groups in total. The Morgan fingerprint density at radius 2 is 2.05 bits per heavy atom. The van der Waals surface area contributed by atoms with Crippen LogP contribution in [-0.4, -0.2) is 22.1 Å². The van der Waals surface area contributed by atoms with E-state index in [2.05, 4.69) is 47.8 Å². The molecule has 1 aliphatic rings. The van der Waals surface area contributed by atoms with Crippen LogP contribution in [0.25, 0.3) is 11.0 Å². The molecule has 0 radical (unpaired) electrons. The Kier molecular flexibility index (Phi) is 3.79. The van der Waals surface area contributed by atoms with Crippen molar-refractivity contribution in [3.05, 3.63) is 29.6 Å². The van der Waals surface area contributed by atoms with Crippen LogP contribution in [-0.2, 0) is 0 Å². The number of nitrogens with one attached hydrogen (secondary N) is 1. The first-order valence-corrected chi connectivity index (χ1v) is 7.86. The van der Waals surface area contributed by atoms with Crippen LogP contribution >= 0.6 is 0 Å². The largest absolute Gasteiger partial charge is 0.327 e. The third-order valence-electron chi connectivity index (χ3n) is 4.67. The molecule has 0 spiro atoms. The lowest BCUT2D eigenvalue weighted by molar-refractivity contribution is 0.480. The summed E-state index contributed by atoms with van der Waals surface area (Å²) in [5.41, 5.74) is 5.13. The molecular formula is C17H25N3. The van der Waals surface area contributed by atoms with Crippen LogP contribution in [0.2, 0.25) is 0 Å². The standard InChI is InChI=1S/C17H25N3/c1-4-7-18-14-5-6-15(10-14)20-11-19-16-8-12(2)13(3)9-17(16)20/h8-9,11,14-15,18H,4-7,10H2,1-3H3. The van der Waals surface area contributed by atoms with Crippen molar-refractivity contribution in [2.75, 3.05) is 6.54 Å². The van der Waals surface area contributed by atoms with Crippen molar-refractivity contribution in [3.63, 3.8) is 0 Å². The van der Waals surface area contributed by atoms with Crippen molar-refractivity contribution >= 4 is 11.0 Å². The van der Waals surface area contributed by atoms with Gasteiger partial charge in [0.25, 0.3) is 0 Å². The van der Waals surface area contributed by atoms with Crippen molar-refractivity contribution < 1.29 is 0 Å². The highest BCUT2D eigenvalue weighted by atomic mass is 15.1. The Labute approximate surface area is 121 Å². The fourth-order valence-electron chi connectivity index (χ4n) is 3.32. The Morgan fingerprint density at radius 3 is 2.85 bits per heavy atom. The van der Waals surface area contributed by atoms with E-state index < -0.39 is 0 Å². The molecule has 0 bridgehead atoms. The van der Waals surface area contributed by atoms with Crippen molar-refractivity contribution in [2.45, 2.75) is 58.5 Å². The first kappa shape index (κ1) is 13.6. The number of benzene rings is 1. The summed E-state index contributed by atoms with van der Waals surface area (Å²) in [5, 5.41) is 3.66. The number of imidazole rings is 1. The minimum Gasteiger partial charge on any atom is -0.327 e. The molecule has 2 atom stereocenters. The van der Waals surface area contributed by atoms with Crippen molar-refractivity contribution in [1.29, 1.82) is 0 Å². The SMILES string of the molecule is CCCNC1CCC(n2cnc3cc(C)c(C)cc32)C1. The highest BCUT2D eigenvalue weighted by Crippen LogP contribution is 2.33. The molecule has 1 saturated carbocycles. The van der Waals surface area contributed by atoms with Gasteiger partial charge in [-0.3, -0.25) is 0 Å². The predicted molar refractivity (Wildman–Crippen MR) is 84.2 cm³/mol. The molecule has 3 rings (SSSR count). The molecule has 2 unspecified atom stereocenters. The van der Waals surface area contributed by atoms with Gasteiger partial charge in [-0.1, -0.05) is 6.92 Å². The zero-order chi connectivity index (χ0) is 14.1. The maximum absolute atomic E-state index is 4.59. The third-order valence-corrected chi connectivity index (χ3v) is 4.67. The van der Waals surface area contributed by atoms with Gasteiger partial charge in [0.15, 0.2) is 0 Å². The summed E-state index contributed by atoms with van der Waals surface area (Å²) in [6.45, 7) is 7.72. The molecule has 3 heteroatoms. The summed E-state index contributed by atoms with van der Waals surface area (Å²) in [5.74, 6) is 0. The minimum atomic E-state index is 0.608. The van der Waals surface area contributed by atoms with Crippen LogP contribution in [0.3, 0.4) is 0 Å². The topological polar surface area (TPSA) is 29.9 Å². The summed E-state index contributed by atoms with van der Waals surface area (Å²) in [4.78, 5) is 4.59. The summed E-state index contributed by atoms with van der Waals surface area (Å²) < 4.78 is 2.40. The van der Waals surface area contributed by atoms with Crippen molar-refractivity contribution in [2.24, 2.45) is 0 Å². The molecule has 1 fully saturated rings. The summed E-state index contributed by atoms with van der Waals surface area (Å²) in [6, 6.07) is 5.80. The normalized spacial score (nSPS) is 22.8. The van der Waals surface area contributed by atoms with Gasteiger partial charge < -0.3 is 9.88 Å². The highest BCUT2D eigenvalue weighted by molar-refractivity contribution is 5.77. The van der Waals surface area contributed by atoms with Gasteiger partial charge in [-0.25, -0.2) is 4.98 Å². The Hall–Kier alpha value is -1.35. The second-order valence-corrected chi connectivity index (χ2v) is 6.19. The molecule has 0 aliphatic heterocycles. The molecule has 1 aliphatic carbocycles. The van der Waals surface area contributed by atoms with Gasteiger partial charge in [-0.05, 0) is 69.3 Å². The maximum Gasteiger partial charge on any atom is 0.0960 e. The van der Waals surface area contributed by atoms with Gasteiger partial charge in [0.2, 0.25) is 0 Å². The number of aromatic nitrogens is 2. The van der Waals surface area contributed by atoms with Gasteiger partial charge in [-0.15, -0.1) is 0 Å². The first-order chi connectivity index (χ1) is 9.69. The van der Waals surface area contributed by atoms with Crippen LogP contribution in [0, 0.1) is 13.8 Å². The third kappa shape index (κ3) is 2.47.